The zero-order valence-electron chi connectivity index (χ0n) is 15.6. The largest absolute Gasteiger partial charge is 0.497 e. The summed E-state index contributed by atoms with van der Waals surface area (Å²) in [5.74, 6) is 2.19. The quantitative estimate of drug-likeness (QED) is 0.443. The third-order valence-electron chi connectivity index (χ3n) is 3.61. The predicted octanol–water partition coefficient (Wildman–Crippen LogP) is 3.22. The van der Waals surface area contributed by atoms with Crippen molar-refractivity contribution in [3.63, 3.8) is 0 Å². The molecule has 0 aliphatic carbocycles. The predicted molar refractivity (Wildman–Crippen MR) is 105 cm³/mol. The van der Waals surface area contributed by atoms with Crippen LogP contribution in [0.5, 0.6) is 17.2 Å². The lowest BCUT2D eigenvalue weighted by Gasteiger charge is -2.06. The van der Waals surface area contributed by atoms with Gasteiger partial charge in [-0.3, -0.25) is 10.7 Å². The van der Waals surface area contributed by atoms with Crippen molar-refractivity contribution in [2.45, 2.75) is 6.92 Å². The Hall–Kier alpha value is -3.39. The third kappa shape index (κ3) is 5.55. The number of nitrogens with one attached hydrogen (secondary N) is 1. The molecule has 0 aliphatic heterocycles. The molecule has 0 saturated heterocycles. The molecule has 0 atom stereocenters. The molecule has 0 aliphatic rings. The van der Waals surface area contributed by atoms with Gasteiger partial charge in [0, 0.05) is 11.6 Å². The third-order valence-corrected chi connectivity index (χ3v) is 3.61. The highest BCUT2D eigenvalue weighted by molar-refractivity contribution is 6.40. The molecule has 0 amide bonds. The molecule has 2 aromatic carbocycles. The summed E-state index contributed by atoms with van der Waals surface area (Å²) in [6, 6.07) is 12.4. The minimum absolute atomic E-state index is 0.180. The first-order valence-corrected chi connectivity index (χ1v) is 8.04. The van der Waals surface area contributed by atoms with Crippen LogP contribution in [-0.4, -0.2) is 44.3 Å². The summed E-state index contributed by atoms with van der Waals surface area (Å²) in [5.41, 5.74) is 3.80. The first-order valence-electron chi connectivity index (χ1n) is 8.04. The number of benzene rings is 2. The maximum absolute atomic E-state index is 9.34. The Morgan fingerprint density at radius 1 is 0.963 bits per heavy atom. The highest BCUT2D eigenvalue weighted by Crippen LogP contribution is 2.23. The summed E-state index contributed by atoms with van der Waals surface area (Å²) in [7, 11) is 4.74. The summed E-state index contributed by atoms with van der Waals surface area (Å²) in [5, 5.41) is 17.4. The van der Waals surface area contributed by atoms with Crippen molar-refractivity contribution in [3.8, 4) is 17.2 Å². The molecule has 0 radical (unpaired) electrons. The van der Waals surface area contributed by atoms with Gasteiger partial charge in [0.2, 0.25) is 0 Å². The van der Waals surface area contributed by atoms with Crippen molar-refractivity contribution in [2.24, 2.45) is 15.2 Å². The van der Waals surface area contributed by atoms with Crippen molar-refractivity contribution in [2.75, 3.05) is 21.3 Å². The molecular weight excluding hydrogens is 348 g/mol. The fourth-order valence-electron chi connectivity index (χ4n) is 2.12. The van der Waals surface area contributed by atoms with Crippen LogP contribution in [0.3, 0.4) is 0 Å². The number of nitrogens with zero attached hydrogens (tertiary/aromatic N) is 3. The highest BCUT2D eigenvalue weighted by atomic mass is 16.5. The average molecular weight is 370 g/mol. The standard InChI is InChI=1S/C19H22N4O4/c1-13(19(23-24)21-15-6-9-16(25-2)10-7-15)22-20-12-14-5-8-17(26-3)11-18(14)27-4/h5-12,24H,1-4H3,(H,21,23). The van der Waals surface area contributed by atoms with Crippen molar-refractivity contribution < 1.29 is 19.4 Å². The molecule has 142 valence electrons. The summed E-state index contributed by atoms with van der Waals surface area (Å²) >= 11 is 0. The molecule has 0 unspecified atom stereocenters. The van der Waals surface area contributed by atoms with E-state index >= 15 is 0 Å². The van der Waals surface area contributed by atoms with E-state index in [4.69, 9.17) is 14.2 Å². The van der Waals surface area contributed by atoms with Crippen LogP contribution in [0.15, 0.2) is 57.7 Å². The van der Waals surface area contributed by atoms with Gasteiger partial charge in [-0.25, -0.2) is 4.99 Å². The van der Waals surface area contributed by atoms with Crippen molar-refractivity contribution in [1.29, 1.82) is 0 Å². The molecule has 0 saturated carbocycles. The van der Waals surface area contributed by atoms with Gasteiger partial charge < -0.3 is 14.2 Å². The second kappa shape index (κ2) is 9.93. The number of hydrogen-bond donors (Lipinski definition) is 2. The second-order valence-electron chi connectivity index (χ2n) is 5.31. The van der Waals surface area contributed by atoms with Gasteiger partial charge in [-0.2, -0.15) is 10.2 Å². The molecule has 2 rings (SSSR count). The molecular formula is C19H22N4O4. The van der Waals surface area contributed by atoms with Crippen LogP contribution in [-0.2, 0) is 0 Å². The molecule has 0 heterocycles. The monoisotopic (exact) mass is 370 g/mol. The molecule has 0 fully saturated rings. The van der Waals surface area contributed by atoms with Crippen molar-refractivity contribution in [3.05, 3.63) is 48.0 Å². The van der Waals surface area contributed by atoms with E-state index in [1.54, 1.807) is 70.9 Å². The Bertz CT molecular complexity index is 845. The summed E-state index contributed by atoms with van der Waals surface area (Å²) in [4.78, 5) is 4.29. The van der Waals surface area contributed by atoms with Gasteiger partial charge in [0.1, 0.15) is 23.0 Å². The fourth-order valence-corrected chi connectivity index (χ4v) is 2.12. The smallest absolute Gasteiger partial charge is 0.173 e. The minimum Gasteiger partial charge on any atom is -0.497 e. The topological polar surface area (TPSA) is 97.0 Å². The second-order valence-corrected chi connectivity index (χ2v) is 5.31. The Morgan fingerprint density at radius 2 is 1.63 bits per heavy atom. The fraction of sp³-hybridized carbons (Fsp3) is 0.211. The number of methoxy groups -OCH3 is 3. The van der Waals surface area contributed by atoms with Gasteiger partial charge >= 0.3 is 0 Å². The molecule has 2 N–H and O–H groups in total. The van der Waals surface area contributed by atoms with Gasteiger partial charge in [0.05, 0.1) is 33.2 Å². The van der Waals surface area contributed by atoms with E-state index in [0.717, 1.165) is 11.3 Å². The lowest BCUT2D eigenvalue weighted by Crippen LogP contribution is -2.26. The van der Waals surface area contributed by atoms with E-state index in [1.165, 1.54) is 0 Å². The number of hydrogen-bond acceptors (Lipinski definition) is 7. The number of aliphatic imine (C=N–C) groups is 1. The van der Waals surface area contributed by atoms with E-state index in [-0.39, 0.29) is 5.84 Å². The summed E-state index contributed by atoms with van der Waals surface area (Å²) < 4.78 is 15.6. The van der Waals surface area contributed by atoms with Gasteiger partial charge in [-0.1, -0.05) is 0 Å². The number of ether oxygens (including phenoxy) is 3. The van der Waals surface area contributed by atoms with Gasteiger partial charge in [0.15, 0.2) is 5.84 Å². The van der Waals surface area contributed by atoms with Crippen LogP contribution < -0.4 is 19.7 Å². The van der Waals surface area contributed by atoms with Crippen LogP contribution in [0.25, 0.3) is 0 Å². The SMILES string of the molecule is COc1ccc(N=C(NO)C(C)=NN=Cc2ccc(OC)cc2OC)cc1. The van der Waals surface area contributed by atoms with E-state index in [0.29, 0.717) is 22.9 Å². The number of hydroxylamine groups is 1. The molecule has 8 nitrogen and oxygen atoms in total. The number of amidine groups is 1. The van der Waals surface area contributed by atoms with E-state index < -0.39 is 0 Å². The van der Waals surface area contributed by atoms with Crippen LogP contribution in [0.2, 0.25) is 0 Å². The zero-order chi connectivity index (χ0) is 19.6. The molecule has 8 heteroatoms. The molecule has 0 bridgehead atoms. The van der Waals surface area contributed by atoms with Gasteiger partial charge in [0.25, 0.3) is 0 Å². The Morgan fingerprint density at radius 3 is 2.22 bits per heavy atom. The normalized spacial score (nSPS) is 12.2. The maximum Gasteiger partial charge on any atom is 0.173 e. The van der Waals surface area contributed by atoms with Crippen LogP contribution in [0.4, 0.5) is 5.69 Å². The van der Waals surface area contributed by atoms with Gasteiger partial charge in [-0.15, -0.1) is 0 Å². The molecule has 27 heavy (non-hydrogen) atoms. The van der Waals surface area contributed by atoms with E-state index in [2.05, 4.69) is 15.2 Å². The van der Waals surface area contributed by atoms with Crippen LogP contribution >= 0.6 is 0 Å². The summed E-state index contributed by atoms with van der Waals surface area (Å²) in [6.45, 7) is 1.67. The van der Waals surface area contributed by atoms with Crippen LogP contribution in [0.1, 0.15) is 12.5 Å². The maximum atomic E-state index is 9.34. The van der Waals surface area contributed by atoms with Crippen molar-refractivity contribution >= 4 is 23.4 Å². The lowest BCUT2D eigenvalue weighted by molar-refractivity contribution is 0.236. The number of rotatable bonds is 7. The van der Waals surface area contributed by atoms with Gasteiger partial charge in [-0.05, 0) is 43.3 Å². The first-order chi connectivity index (χ1) is 13.1. The molecule has 0 spiro atoms. The average Bonchev–Trinajstić information content (AvgIpc) is 2.72. The lowest BCUT2D eigenvalue weighted by atomic mass is 10.2. The Labute approximate surface area is 157 Å². The molecule has 0 aromatic heterocycles. The first kappa shape index (κ1) is 19.9. The highest BCUT2D eigenvalue weighted by Gasteiger charge is 2.05. The van der Waals surface area contributed by atoms with Crippen molar-refractivity contribution in [1.82, 2.24) is 5.48 Å². The zero-order valence-corrected chi connectivity index (χ0v) is 15.6. The van der Waals surface area contributed by atoms with Crippen LogP contribution in [0, 0.1) is 0 Å². The Kier molecular flexibility index (Phi) is 7.33. The molecule has 2 aromatic rings. The van der Waals surface area contributed by atoms with E-state index in [9.17, 15) is 5.21 Å². The summed E-state index contributed by atoms with van der Waals surface area (Å²) in [6.07, 6.45) is 1.55. The Balaban J connectivity index is 2.18. The minimum atomic E-state index is 0.180. The van der Waals surface area contributed by atoms with E-state index in [1.807, 2.05) is 11.5 Å².